The predicted molar refractivity (Wildman–Crippen MR) is 125 cm³/mol. The zero-order valence-corrected chi connectivity index (χ0v) is 20.1. The zero-order valence-electron chi connectivity index (χ0n) is 20.1. The van der Waals surface area contributed by atoms with E-state index >= 15 is 0 Å². The molecule has 0 aromatic carbocycles. The Kier molecular flexibility index (Phi) is 20.0. The lowest BCUT2D eigenvalue weighted by atomic mass is 10.0. The van der Waals surface area contributed by atoms with E-state index in [1.54, 1.807) is 0 Å². The molecule has 4 nitrogen and oxygen atoms in total. The van der Waals surface area contributed by atoms with Crippen molar-refractivity contribution in [2.45, 2.75) is 96.5 Å². The molecule has 1 unspecified atom stereocenters. The van der Waals surface area contributed by atoms with Gasteiger partial charge >= 0.3 is 0 Å². The molecular formula is C24H53N3O. The Bertz CT molecular complexity index is 296. The second-order valence-corrected chi connectivity index (χ2v) is 9.24. The van der Waals surface area contributed by atoms with Gasteiger partial charge < -0.3 is 19.8 Å². The van der Waals surface area contributed by atoms with Crippen molar-refractivity contribution in [3.8, 4) is 0 Å². The van der Waals surface area contributed by atoms with Crippen LogP contribution in [0.3, 0.4) is 0 Å². The zero-order chi connectivity index (χ0) is 21.0. The third kappa shape index (κ3) is 20.6. The van der Waals surface area contributed by atoms with E-state index in [0.717, 1.165) is 39.1 Å². The second-order valence-electron chi connectivity index (χ2n) is 9.24. The highest BCUT2D eigenvalue weighted by molar-refractivity contribution is 4.67. The molecule has 0 heterocycles. The average Bonchev–Trinajstić information content (AvgIpc) is 2.62. The van der Waals surface area contributed by atoms with Gasteiger partial charge in [-0.3, -0.25) is 0 Å². The maximum absolute atomic E-state index is 10.5. The molecule has 0 aliphatic heterocycles. The van der Waals surface area contributed by atoms with Gasteiger partial charge in [0.2, 0.25) is 0 Å². The molecule has 0 fully saturated rings. The fraction of sp³-hybridized carbons (Fsp3) is 1.00. The molecule has 0 radical (unpaired) electrons. The largest absolute Gasteiger partial charge is 0.392 e. The topological polar surface area (TPSA) is 30.0 Å². The quantitative estimate of drug-likeness (QED) is 0.279. The Hall–Kier alpha value is -0.160. The number of hydrogen-bond donors (Lipinski definition) is 1. The molecule has 170 valence electrons. The Balaban J connectivity index is 3.81. The van der Waals surface area contributed by atoms with Crippen molar-refractivity contribution in [1.82, 2.24) is 14.7 Å². The summed E-state index contributed by atoms with van der Waals surface area (Å²) in [6.07, 6.45) is 16.8. The van der Waals surface area contributed by atoms with Crippen LogP contribution in [0, 0.1) is 0 Å². The number of unbranched alkanes of at least 4 members (excludes halogenated alkanes) is 9. The summed E-state index contributed by atoms with van der Waals surface area (Å²) >= 11 is 0. The van der Waals surface area contributed by atoms with Crippen molar-refractivity contribution < 1.29 is 5.11 Å². The number of nitrogens with zero attached hydrogens (tertiary/aromatic N) is 3. The van der Waals surface area contributed by atoms with Crippen molar-refractivity contribution in [2.24, 2.45) is 0 Å². The summed E-state index contributed by atoms with van der Waals surface area (Å²) in [5, 5.41) is 10.5. The summed E-state index contributed by atoms with van der Waals surface area (Å²) in [5.74, 6) is 0. The minimum absolute atomic E-state index is 0.159. The minimum atomic E-state index is -0.159. The molecule has 0 bridgehead atoms. The highest BCUT2D eigenvalue weighted by Crippen LogP contribution is 2.12. The monoisotopic (exact) mass is 399 g/mol. The lowest BCUT2D eigenvalue weighted by Crippen LogP contribution is -2.36. The first-order chi connectivity index (χ1) is 13.5. The van der Waals surface area contributed by atoms with Crippen molar-refractivity contribution in [3.05, 3.63) is 0 Å². The van der Waals surface area contributed by atoms with Crippen LogP contribution in [-0.2, 0) is 0 Å². The summed E-state index contributed by atoms with van der Waals surface area (Å²) in [6.45, 7) is 7.57. The van der Waals surface area contributed by atoms with Crippen molar-refractivity contribution in [2.75, 3.05) is 60.9 Å². The highest BCUT2D eigenvalue weighted by Gasteiger charge is 2.12. The molecule has 28 heavy (non-hydrogen) atoms. The maximum Gasteiger partial charge on any atom is 0.0667 e. The number of rotatable bonds is 21. The van der Waals surface area contributed by atoms with Crippen LogP contribution in [0.5, 0.6) is 0 Å². The van der Waals surface area contributed by atoms with Gasteiger partial charge in [-0.05, 0) is 73.6 Å². The van der Waals surface area contributed by atoms with Crippen LogP contribution in [-0.4, -0.2) is 86.8 Å². The van der Waals surface area contributed by atoms with Gasteiger partial charge in [-0.2, -0.15) is 0 Å². The maximum atomic E-state index is 10.5. The normalized spacial score (nSPS) is 13.2. The number of aliphatic hydroxyl groups is 1. The van der Waals surface area contributed by atoms with E-state index in [9.17, 15) is 5.11 Å². The first-order valence-electron chi connectivity index (χ1n) is 12.2. The van der Waals surface area contributed by atoms with E-state index in [1.165, 1.54) is 77.0 Å². The lowest BCUT2D eigenvalue weighted by Gasteiger charge is -2.26. The van der Waals surface area contributed by atoms with Gasteiger partial charge in [0.05, 0.1) is 6.10 Å². The molecule has 0 aliphatic carbocycles. The molecule has 1 N–H and O–H groups in total. The van der Waals surface area contributed by atoms with Crippen LogP contribution in [0.25, 0.3) is 0 Å². The van der Waals surface area contributed by atoms with Crippen LogP contribution in [0.4, 0.5) is 0 Å². The molecule has 0 saturated carbocycles. The SMILES string of the molecule is CCCCCCCCCCCCC(O)CN(CCCN(C)C)CCCN(C)C. The molecule has 0 aliphatic rings. The van der Waals surface area contributed by atoms with Crippen molar-refractivity contribution >= 4 is 0 Å². The molecule has 4 heteroatoms. The first-order valence-corrected chi connectivity index (χ1v) is 12.2. The van der Waals surface area contributed by atoms with E-state index in [4.69, 9.17) is 0 Å². The van der Waals surface area contributed by atoms with Crippen LogP contribution in [0.1, 0.15) is 90.4 Å². The fourth-order valence-electron chi connectivity index (χ4n) is 3.77. The number of hydrogen-bond acceptors (Lipinski definition) is 4. The van der Waals surface area contributed by atoms with Crippen LogP contribution in [0.15, 0.2) is 0 Å². The summed E-state index contributed by atoms with van der Waals surface area (Å²) in [5.41, 5.74) is 0. The van der Waals surface area contributed by atoms with Gasteiger partial charge in [0.25, 0.3) is 0 Å². The molecule has 1 atom stereocenters. The van der Waals surface area contributed by atoms with E-state index < -0.39 is 0 Å². The summed E-state index contributed by atoms with van der Waals surface area (Å²) in [6, 6.07) is 0. The Morgan fingerprint density at radius 1 is 0.571 bits per heavy atom. The van der Waals surface area contributed by atoms with Crippen molar-refractivity contribution in [1.29, 1.82) is 0 Å². The molecule has 0 aromatic rings. The Morgan fingerprint density at radius 2 is 1.00 bits per heavy atom. The Morgan fingerprint density at radius 3 is 1.43 bits per heavy atom. The molecule has 0 rings (SSSR count). The summed E-state index contributed by atoms with van der Waals surface area (Å²) < 4.78 is 0. The average molecular weight is 400 g/mol. The fourth-order valence-corrected chi connectivity index (χ4v) is 3.77. The predicted octanol–water partition coefficient (Wildman–Crippen LogP) is 4.86. The third-order valence-corrected chi connectivity index (χ3v) is 5.52. The number of aliphatic hydroxyl groups excluding tert-OH is 1. The molecule has 0 saturated heterocycles. The van der Waals surface area contributed by atoms with Crippen LogP contribution < -0.4 is 0 Å². The third-order valence-electron chi connectivity index (χ3n) is 5.52. The summed E-state index contributed by atoms with van der Waals surface area (Å²) in [7, 11) is 8.54. The molecular weight excluding hydrogens is 346 g/mol. The van der Waals surface area contributed by atoms with E-state index in [1.807, 2.05) is 0 Å². The van der Waals surface area contributed by atoms with Gasteiger partial charge in [0.1, 0.15) is 0 Å². The smallest absolute Gasteiger partial charge is 0.0667 e. The van der Waals surface area contributed by atoms with Gasteiger partial charge in [0.15, 0.2) is 0 Å². The van der Waals surface area contributed by atoms with Crippen LogP contribution >= 0.6 is 0 Å². The first kappa shape index (κ1) is 27.8. The van der Waals surface area contributed by atoms with Gasteiger partial charge in [-0.25, -0.2) is 0 Å². The van der Waals surface area contributed by atoms with E-state index in [-0.39, 0.29) is 6.10 Å². The standard InChI is InChI=1S/C24H53N3O/c1-6-7-8-9-10-11-12-13-14-15-18-24(28)23-27(21-16-19-25(2)3)22-17-20-26(4)5/h24,28H,6-23H2,1-5H3. The molecule has 0 spiro atoms. The van der Waals surface area contributed by atoms with Gasteiger partial charge in [0, 0.05) is 6.54 Å². The van der Waals surface area contributed by atoms with E-state index in [2.05, 4.69) is 49.8 Å². The lowest BCUT2D eigenvalue weighted by molar-refractivity contribution is 0.0988. The Labute approximate surface area is 177 Å². The second kappa shape index (κ2) is 20.1. The minimum Gasteiger partial charge on any atom is -0.392 e. The van der Waals surface area contributed by atoms with E-state index in [0.29, 0.717) is 0 Å². The van der Waals surface area contributed by atoms with Gasteiger partial charge in [-0.15, -0.1) is 0 Å². The summed E-state index contributed by atoms with van der Waals surface area (Å²) in [4.78, 5) is 6.98. The van der Waals surface area contributed by atoms with Crippen LogP contribution in [0.2, 0.25) is 0 Å². The molecule has 0 amide bonds. The van der Waals surface area contributed by atoms with Crippen molar-refractivity contribution in [3.63, 3.8) is 0 Å². The van der Waals surface area contributed by atoms with Gasteiger partial charge in [-0.1, -0.05) is 71.1 Å². The molecule has 0 aromatic heterocycles. The highest BCUT2D eigenvalue weighted by atomic mass is 16.3.